The lowest BCUT2D eigenvalue weighted by atomic mass is 10.3. The van der Waals surface area contributed by atoms with Crippen LogP contribution in [0.15, 0.2) is 30.3 Å². The van der Waals surface area contributed by atoms with Gasteiger partial charge in [0.15, 0.2) is 0 Å². The number of anilines is 1. The Morgan fingerprint density at radius 1 is 1.36 bits per heavy atom. The molecule has 0 spiro atoms. The smallest absolute Gasteiger partial charge is 0.321 e. The highest BCUT2D eigenvalue weighted by molar-refractivity contribution is 5.74. The molecule has 0 aliphatic rings. The highest BCUT2D eigenvalue weighted by Gasteiger charge is 2.00. The molecule has 11 heavy (non-hydrogen) atoms. The van der Waals surface area contributed by atoms with Crippen molar-refractivity contribution in [2.75, 3.05) is 11.9 Å². The second-order valence-corrected chi connectivity index (χ2v) is 2.18. The third-order valence-electron chi connectivity index (χ3n) is 1.39. The summed E-state index contributed by atoms with van der Waals surface area (Å²) < 4.78 is 0. The van der Waals surface area contributed by atoms with Gasteiger partial charge in [-0.2, -0.15) is 0 Å². The van der Waals surface area contributed by atoms with Crippen LogP contribution < -0.4 is 4.90 Å². The van der Waals surface area contributed by atoms with Crippen LogP contribution in [0.4, 0.5) is 5.69 Å². The summed E-state index contributed by atoms with van der Waals surface area (Å²) in [7, 11) is 1.81. The average molecular weight is 147 g/mol. The van der Waals surface area contributed by atoms with Gasteiger partial charge >= 0.3 is 6.34 Å². The summed E-state index contributed by atoms with van der Waals surface area (Å²) in [6.07, 6.45) is 1.34. The molecule has 1 aromatic rings. The Balaban J connectivity index is 2.84. The molecule has 0 N–H and O–H groups in total. The Labute approximate surface area is 65.5 Å². The molecule has 0 atom stereocenters. The minimum atomic E-state index is 0.991. The summed E-state index contributed by atoms with van der Waals surface area (Å²) in [6, 6.07) is 9.66. The maximum Gasteiger partial charge on any atom is 0.321 e. The molecule has 0 aliphatic carbocycles. The predicted octanol–water partition coefficient (Wildman–Crippen LogP) is 1.38. The van der Waals surface area contributed by atoms with Gasteiger partial charge in [-0.1, -0.05) is 18.2 Å². The summed E-state index contributed by atoms with van der Waals surface area (Å²) in [5.74, 6) is 0. The molecule has 0 unspecified atom stereocenters. The van der Waals surface area contributed by atoms with Gasteiger partial charge in [0.05, 0.1) is 7.05 Å². The van der Waals surface area contributed by atoms with Crippen LogP contribution in [0.2, 0.25) is 0 Å². The standard InChI is InChI=1S/C8H9N3/c1-11(7-10-9)8-5-3-2-4-6-8/h2-7H,1H3. The van der Waals surface area contributed by atoms with E-state index in [0.717, 1.165) is 5.69 Å². The molecule has 1 aromatic carbocycles. The van der Waals surface area contributed by atoms with Crippen molar-refractivity contribution >= 4 is 12.0 Å². The highest BCUT2D eigenvalue weighted by atomic mass is 15.1. The van der Waals surface area contributed by atoms with Gasteiger partial charge in [0, 0.05) is 0 Å². The van der Waals surface area contributed by atoms with Gasteiger partial charge in [-0.15, -0.1) is 0 Å². The van der Waals surface area contributed by atoms with E-state index in [0.29, 0.717) is 0 Å². The zero-order chi connectivity index (χ0) is 8.10. The third kappa shape index (κ3) is 1.92. The second kappa shape index (κ2) is 3.54. The highest BCUT2D eigenvalue weighted by Crippen LogP contribution is 2.07. The lowest BCUT2D eigenvalue weighted by Gasteiger charge is -2.01. The fraction of sp³-hybridized carbons (Fsp3) is 0.125. The van der Waals surface area contributed by atoms with E-state index in [4.69, 9.17) is 5.53 Å². The van der Waals surface area contributed by atoms with E-state index in [1.54, 1.807) is 4.90 Å². The number of hydrogen-bond acceptors (Lipinski definition) is 0. The van der Waals surface area contributed by atoms with Crippen molar-refractivity contribution in [2.24, 2.45) is 0 Å². The van der Waals surface area contributed by atoms with Crippen LogP contribution in [0.1, 0.15) is 0 Å². The van der Waals surface area contributed by atoms with E-state index in [-0.39, 0.29) is 0 Å². The first-order chi connectivity index (χ1) is 5.34. The van der Waals surface area contributed by atoms with Crippen molar-refractivity contribution in [2.45, 2.75) is 0 Å². The molecule has 0 aliphatic heterocycles. The number of benzene rings is 1. The maximum atomic E-state index is 8.23. The van der Waals surface area contributed by atoms with Crippen LogP contribution in [0, 0.1) is 0 Å². The van der Waals surface area contributed by atoms with Gasteiger partial charge in [-0.05, 0) is 12.1 Å². The van der Waals surface area contributed by atoms with Crippen molar-refractivity contribution in [3.05, 3.63) is 35.9 Å². The molecule has 1 rings (SSSR count). The summed E-state index contributed by atoms with van der Waals surface area (Å²) in [5, 5.41) is 0. The number of nitrogens with zero attached hydrogens (tertiary/aromatic N) is 3. The van der Waals surface area contributed by atoms with Gasteiger partial charge in [0.1, 0.15) is 5.69 Å². The van der Waals surface area contributed by atoms with Crippen LogP contribution in [0.3, 0.4) is 0 Å². The lowest BCUT2D eigenvalue weighted by Crippen LogP contribution is -2.14. The number of rotatable bonds is 2. The molecule has 56 valence electrons. The molecule has 0 amide bonds. The van der Waals surface area contributed by atoms with Crippen LogP contribution in [0.5, 0.6) is 0 Å². The van der Waals surface area contributed by atoms with Crippen LogP contribution >= 0.6 is 0 Å². The normalized spacial score (nSPS) is 8.45. The Morgan fingerprint density at radius 2 is 2.00 bits per heavy atom. The van der Waals surface area contributed by atoms with Crippen molar-refractivity contribution in [3.8, 4) is 0 Å². The molecule has 0 aromatic heterocycles. The van der Waals surface area contributed by atoms with Gasteiger partial charge in [-0.3, -0.25) is 0 Å². The topological polar surface area (TPSA) is 39.6 Å². The molecule has 0 heterocycles. The van der Waals surface area contributed by atoms with Crippen molar-refractivity contribution in [1.29, 1.82) is 0 Å². The summed E-state index contributed by atoms with van der Waals surface area (Å²) in [4.78, 5) is 4.64. The monoisotopic (exact) mass is 147 g/mol. The van der Waals surface area contributed by atoms with E-state index >= 15 is 0 Å². The summed E-state index contributed by atoms with van der Waals surface area (Å²) in [6.45, 7) is 0. The largest absolute Gasteiger partial charge is 0.498 e. The third-order valence-corrected chi connectivity index (χ3v) is 1.39. The maximum absolute atomic E-state index is 8.23. The predicted molar refractivity (Wildman–Crippen MR) is 44.5 cm³/mol. The molecule has 0 bridgehead atoms. The Kier molecular flexibility index (Phi) is 2.42. The van der Waals surface area contributed by atoms with Crippen molar-refractivity contribution < 1.29 is 4.79 Å². The zero-order valence-corrected chi connectivity index (χ0v) is 6.31. The molecular formula is C8H9N3. The van der Waals surface area contributed by atoms with Crippen LogP contribution in [-0.2, 0) is 0 Å². The van der Waals surface area contributed by atoms with E-state index in [9.17, 15) is 0 Å². The summed E-state index contributed by atoms with van der Waals surface area (Å²) >= 11 is 0. The SMILES string of the molecule is CN(C=[N+]=[N-])c1ccccc1. The first-order valence-electron chi connectivity index (χ1n) is 3.30. The van der Waals surface area contributed by atoms with E-state index in [2.05, 4.69) is 4.79 Å². The Morgan fingerprint density at radius 3 is 2.55 bits per heavy atom. The fourth-order valence-corrected chi connectivity index (χ4v) is 0.807. The molecule has 0 radical (unpaired) electrons. The van der Waals surface area contributed by atoms with Gasteiger partial charge in [0.2, 0.25) is 0 Å². The zero-order valence-electron chi connectivity index (χ0n) is 6.31. The summed E-state index contributed by atoms with van der Waals surface area (Å²) in [5.41, 5.74) is 9.22. The molecular weight excluding hydrogens is 138 g/mol. The van der Waals surface area contributed by atoms with Gasteiger partial charge < -0.3 is 10.3 Å². The molecule has 3 heteroatoms. The fourth-order valence-electron chi connectivity index (χ4n) is 0.807. The van der Waals surface area contributed by atoms with Gasteiger partial charge in [-0.25, -0.2) is 4.90 Å². The van der Waals surface area contributed by atoms with Crippen LogP contribution in [-0.4, -0.2) is 18.2 Å². The second-order valence-electron chi connectivity index (χ2n) is 2.18. The quantitative estimate of drug-likeness (QED) is 0.269. The first-order valence-corrected chi connectivity index (χ1v) is 3.30. The lowest BCUT2D eigenvalue weighted by molar-refractivity contribution is 0.00163. The molecule has 0 saturated heterocycles. The minimum Gasteiger partial charge on any atom is -0.498 e. The first kappa shape index (κ1) is 7.51. The molecule has 3 nitrogen and oxygen atoms in total. The van der Waals surface area contributed by atoms with Crippen molar-refractivity contribution in [1.82, 2.24) is 0 Å². The average Bonchev–Trinajstić information content (AvgIpc) is 2.07. The Bertz CT molecular complexity index is 262. The van der Waals surface area contributed by atoms with Crippen molar-refractivity contribution in [3.63, 3.8) is 0 Å². The van der Waals surface area contributed by atoms with E-state index < -0.39 is 0 Å². The van der Waals surface area contributed by atoms with Gasteiger partial charge in [0.25, 0.3) is 0 Å². The number of para-hydroxylation sites is 1. The van der Waals surface area contributed by atoms with E-state index in [1.165, 1.54) is 6.34 Å². The number of hydrogen-bond donors (Lipinski definition) is 0. The van der Waals surface area contributed by atoms with Crippen LogP contribution in [0.25, 0.3) is 5.53 Å². The molecule has 0 fully saturated rings. The minimum absolute atomic E-state index is 0.991. The molecule has 0 saturated carbocycles. The Hall–Kier alpha value is -1.60. The van der Waals surface area contributed by atoms with E-state index in [1.807, 2.05) is 37.4 Å².